The van der Waals surface area contributed by atoms with Gasteiger partial charge in [-0.1, -0.05) is 17.7 Å². The van der Waals surface area contributed by atoms with Crippen LogP contribution in [0.4, 0.5) is 5.69 Å². The summed E-state index contributed by atoms with van der Waals surface area (Å²) >= 11 is 8.19. The number of hydrazone groups is 1. The summed E-state index contributed by atoms with van der Waals surface area (Å²) in [4.78, 5) is 24.0. The lowest BCUT2D eigenvalue weighted by molar-refractivity contribution is -0.126. The monoisotopic (exact) mass is 543 g/mol. The average Bonchev–Trinajstić information content (AvgIpc) is 2.67. The van der Waals surface area contributed by atoms with E-state index < -0.39 is 11.8 Å². The number of carbonyl (C=O) groups is 2. The molecule has 2 aromatic rings. The summed E-state index contributed by atoms with van der Waals surface area (Å²) < 4.78 is 12.1. The molecule has 30 heavy (non-hydrogen) atoms. The maximum Gasteiger partial charge on any atom is 0.249 e. The molecule has 2 amide bonds. The summed E-state index contributed by atoms with van der Waals surface area (Å²) in [6, 6.07) is 8.78. The van der Waals surface area contributed by atoms with Crippen LogP contribution in [0.25, 0.3) is 0 Å². The average molecular weight is 544 g/mol. The Morgan fingerprint density at radius 1 is 1.13 bits per heavy atom. The number of rotatable bonds is 9. The minimum atomic E-state index is -0.535. The number of ether oxygens (including phenoxy) is 2. The van der Waals surface area contributed by atoms with Crippen LogP contribution in [0, 0.1) is 10.5 Å². The van der Waals surface area contributed by atoms with Crippen molar-refractivity contribution >= 4 is 57.9 Å². The first-order valence-electron chi connectivity index (χ1n) is 9.31. The highest BCUT2D eigenvalue weighted by molar-refractivity contribution is 14.1. The molecule has 0 aliphatic carbocycles. The zero-order valence-electron chi connectivity index (χ0n) is 16.9. The number of carbonyl (C=O) groups excluding carboxylic acids is 2. The molecule has 2 N–H and O–H groups in total. The highest BCUT2D eigenvalue weighted by atomic mass is 127. The Kier molecular flexibility index (Phi) is 9.38. The molecule has 0 unspecified atom stereocenters. The molecule has 2 aromatic carbocycles. The molecule has 0 spiro atoms. The number of hydrogen-bond acceptors (Lipinski definition) is 5. The fourth-order valence-corrected chi connectivity index (χ4v) is 3.41. The standard InChI is InChI=1S/C21H23ClIN3O4/c1-4-29-18-9-14(8-17(23)21(18)30-5-2)12-24-26-20(28)11-19(27)25-15-7-6-13(3)16(22)10-15/h6-10,12H,4-5,11H2,1-3H3,(H,25,27)(H,26,28). The number of aryl methyl sites for hydroxylation is 1. The van der Waals surface area contributed by atoms with Crippen LogP contribution in [0.5, 0.6) is 11.5 Å². The van der Waals surface area contributed by atoms with E-state index in [0.29, 0.717) is 35.4 Å². The summed E-state index contributed by atoms with van der Waals surface area (Å²) in [5.41, 5.74) is 4.50. The zero-order valence-corrected chi connectivity index (χ0v) is 19.8. The number of nitrogens with zero attached hydrogens (tertiary/aromatic N) is 1. The van der Waals surface area contributed by atoms with Gasteiger partial charge in [0, 0.05) is 10.7 Å². The molecule has 0 saturated heterocycles. The van der Waals surface area contributed by atoms with Gasteiger partial charge in [-0.05, 0) is 78.8 Å². The van der Waals surface area contributed by atoms with Crippen LogP contribution in [-0.4, -0.2) is 31.2 Å². The van der Waals surface area contributed by atoms with Crippen LogP contribution in [0.15, 0.2) is 35.4 Å². The van der Waals surface area contributed by atoms with E-state index >= 15 is 0 Å². The first kappa shape index (κ1) is 23.9. The van der Waals surface area contributed by atoms with E-state index in [-0.39, 0.29) is 6.42 Å². The highest BCUT2D eigenvalue weighted by Crippen LogP contribution is 2.33. The molecule has 0 aliphatic rings. The molecule has 0 fully saturated rings. The second-order valence-corrected chi connectivity index (χ2v) is 7.75. The Balaban J connectivity index is 1.94. The molecule has 2 rings (SSSR count). The van der Waals surface area contributed by atoms with Gasteiger partial charge in [-0.2, -0.15) is 5.10 Å². The smallest absolute Gasteiger partial charge is 0.249 e. The van der Waals surface area contributed by atoms with E-state index in [9.17, 15) is 9.59 Å². The molecular formula is C21H23ClIN3O4. The second-order valence-electron chi connectivity index (χ2n) is 6.18. The highest BCUT2D eigenvalue weighted by Gasteiger charge is 2.12. The Morgan fingerprint density at radius 2 is 1.87 bits per heavy atom. The van der Waals surface area contributed by atoms with Gasteiger partial charge in [0.15, 0.2) is 11.5 Å². The van der Waals surface area contributed by atoms with Crippen molar-refractivity contribution in [3.63, 3.8) is 0 Å². The molecule has 0 bridgehead atoms. The van der Waals surface area contributed by atoms with E-state index in [0.717, 1.165) is 14.7 Å². The summed E-state index contributed by atoms with van der Waals surface area (Å²) in [5, 5.41) is 7.09. The van der Waals surface area contributed by atoms with Crippen molar-refractivity contribution in [2.75, 3.05) is 18.5 Å². The zero-order chi connectivity index (χ0) is 22.1. The molecule has 0 aliphatic heterocycles. The normalized spacial score (nSPS) is 10.7. The number of benzene rings is 2. The van der Waals surface area contributed by atoms with Crippen molar-refractivity contribution in [1.82, 2.24) is 5.43 Å². The van der Waals surface area contributed by atoms with Crippen LogP contribution in [0.1, 0.15) is 31.4 Å². The van der Waals surface area contributed by atoms with Crippen molar-refractivity contribution in [2.45, 2.75) is 27.2 Å². The van der Waals surface area contributed by atoms with Gasteiger partial charge in [0.1, 0.15) is 6.42 Å². The van der Waals surface area contributed by atoms with E-state index in [4.69, 9.17) is 21.1 Å². The molecule has 160 valence electrons. The second kappa shape index (κ2) is 11.8. The SMILES string of the molecule is CCOc1cc(C=NNC(=O)CC(=O)Nc2ccc(C)c(Cl)c2)cc(I)c1OCC. The van der Waals surface area contributed by atoms with Gasteiger partial charge in [0.2, 0.25) is 11.8 Å². The third kappa shape index (κ3) is 7.17. The van der Waals surface area contributed by atoms with Crippen molar-refractivity contribution < 1.29 is 19.1 Å². The Labute approximate surface area is 194 Å². The minimum Gasteiger partial charge on any atom is -0.490 e. The fourth-order valence-electron chi connectivity index (χ4n) is 2.45. The summed E-state index contributed by atoms with van der Waals surface area (Å²) in [6.45, 7) is 6.67. The van der Waals surface area contributed by atoms with Gasteiger partial charge < -0.3 is 14.8 Å². The molecule has 0 aromatic heterocycles. The van der Waals surface area contributed by atoms with Gasteiger partial charge in [0.05, 0.1) is 23.0 Å². The number of nitrogens with one attached hydrogen (secondary N) is 2. The first-order chi connectivity index (χ1) is 14.3. The maximum atomic E-state index is 12.0. The van der Waals surface area contributed by atoms with Gasteiger partial charge >= 0.3 is 0 Å². The van der Waals surface area contributed by atoms with Crippen molar-refractivity contribution in [3.05, 3.63) is 50.1 Å². The van der Waals surface area contributed by atoms with Crippen molar-refractivity contribution in [3.8, 4) is 11.5 Å². The Morgan fingerprint density at radius 3 is 2.53 bits per heavy atom. The van der Waals surface area contributed by atoms with Crippen LogP contribution in [0.2, 0.25) is 5.02 Å². The first-order valence-corrected chi connectivity index (χ1v) is 10.8. The Bertz CT molecular complexity index is 950. The molecule has 0 atom stereocenters. The summed E-state index contributed by atoms with van der Waals surface area (Å²) in [6.07, 6.45) is 1.11. The van der Waals surface area contributed by atoms with Crippen molar-refractivity contribution in [2.24, 2.45) is 5.10 Å². The lowest BCUT2D eigenvalue weighted by atomic mass is 10.2. The molecule has 0 radical (unpaired) electrons. The topological polar surface area (TPSA) is 89.0 Å². The number of halogens is 2. The summed E-state index contributed by atoms with van der Waals surface area (Å²) in [7, 11) is 0. The van der Waals surface area contributed by atoms with E-state index in [1.807, 2.05) is 26.8 Å². The fraction of sp³-hybridized carbons (Fsp3) is 0.286. The Hall–Kier alpha value is -2.33. The van der Waals surface area contributed by atoms with Crippen LogP contribution >= 0.6 is 34.2 Å². The molecule has 0 heterocycles. The summed E-state index contributed by atoms with van der Waals surface area (Å²) in [5.74, 6) is 0.286. The quantitative estimate of drug-likeness (QED) is 0.211. The third-order valence-electron chi connectivity index (χ3n) is 3.80. The number of amides is 2. The van der Waals surface area contributed by atoms with Gasteiger partial charge in [0.25, 0.3) is 0 Å². The molecule has 0 saturated carbocycles. The van der Waals surface area contributed by atoms with Crippen LogP contribution in [-0.2, 0) is 9.59 Å². The van der Waals surface area contributed by atoms with Gasteiger partial charge in [-0.3, -0.25) is 9.59 Å². The lowest BCUT2D eigenvalue weighted by Crippen LogP contribution is -2.24. The number of hydrogen-bond donors (Lipinski definition) is 2. The molecule has 7 nitrogen and oxygen atoms in total. The van der Waals surface area contributed by atoms with Crippen LogP contribution < -0.4 is 20.2 Å². The van der Waals surface area contributed by atoms with Crippen molar-refractivity contribution in [1.29, 1.82) is 0 Å². The molecular weight excluding hydrogens is 521 g/mol. The lowest BCUT2D eigenvalue weighted by Gasteiger charge is -2.13. The maximum absolute atomic E-state index is 12.0. The molecule has 9 heteroatoms. The third-order valence-corrected chi connectivity index (χ3v) is 5.01. The van der Waals surface area contributed by atoms with Gasteiger partial charge in [-0.15, -0.1) is 0 Å². The predicted octanol–water partition coefficient (Wildman–Crippen LogP) is 4.53. The number of anilines is 1. The predicted molar refractivity (Wildman–Crippen MR) is 127 cm³/mol. The largest absolute Gasteiger partial charge is 0.490 e. The van der Waals surface area contributed by atoms with E-state index in [1.54, 1.807) is 24.3 Å². The van der Waals surface area contributed by atoms with E-state index in [2.05, 4.69) is 38.4 Å². The van der Waals surface area contributed by atoms with Gasteiger partial charge in [-0.25, -0.2) is 5.43 Å². The van der Waals surface area contributed by atoms with Crippen LogP contribution in [0.3, 0.4) is 0 Å². The van der Waals surface area contributed by atoms with E-state index in [1.165, 1.54) is 6.21 Å². The minimum absolute atomic E-state index is 0.367.